The zero-order valence-corrected chi connectivity index (χ0v) is 18.0. The van der Waals surface area contributed by atoms with Crippen LogP contribution in [-0.4, -0.2) is 26.5 Å². The SMILES string of the molecule is CC[C@@H](C)NS(=O)(=O)c1ccc(NC(=O)[C@H](C)Oc2ccc(Cl)cc2Cl)cc1. The first-order valence-corrected chi connectivity index (χ1v) is 10.9. The van der Waals surface area contributed by atoms with E-state index in [9.17, 15) is 13.2 Å². The van der Waals surface area contributed by atoms with Crippen molar-refractivity contribution in [2.45, 2.75) is 44.2 Å². The summed E-state index contributed by atoms with van der Waals surface area (Å²) < 4.78 is 32.7. The number of halogens is 2. The van der Waals surface area contributed by atoms with Gasteiger partial charge in [-0.1, -0.05) is 30.1 Å². The van der Waals surface area contributed by atoms with E-state index in [1.165, 1.54) is 30.3 Å². The van der Waals surface area contributed by atoms with E-state index in [0.29, 0.717) is 27.9 Å². The number of nitrogens with one attached hydrogen (secondary N) is 2. The van der Waals surface area contributed by atoms with Crippen LogP contribution < -0.4 is 14.8 Å². The zero-order chi connectivity index (χ0) is 20.9. The summed E-state index contributed by atoms with van der Waals surface area (Å²) in [6.07, 6.45) is -0.141. The van der Waals surface area contributed by atoms with Gasteiger partial charge in [-0.25, -0.2) is 13.1 Å². The molecule has 28 heavy (non-hydrogen) atoms. The minimum Gasteiger partial charge on any atom is -0.479 e. The minimum atomic E-state index is -3.60. The molecule has 2 aromatic carbocycles. The van der Waals surface area contributed by atoms with Crippen LogP contribution in [0.3, 0.4) is 0 Å². The van der Waals surface area contributed by atoms with Crippen LogP contribution in [0.5, 0.6) is 5.75 Å². The maximum atomic E-state index is 12.3. The Labute approximate surface area is 175 Å². The monoisotopic (exact) mass is 444 g/mol. The van der Waals surface area contributed by atoms with Crippen LogP contribution in [0.2, 0.25) is 10.0 Å². The third-order valence-corrected chi connectivity index (χ3v) is 6.10. The molecule has 2 atom stereocenters. The van der Waals surface area contributed by atoms with Gasteiger partial charge in [0, 0.05) is 16.8 Å². The van der Waals surface area contributed by atoms with Gasteiger partial charge in [-0.3, -0.25) is 4.79 Å². The number of anilines is 1. The Bertz CT molecular complexity index is 933. The fourth-order valence-electron chi connectivity index (χ4n) is 2.19. The highest BCUT2D eigenvalue weighted by atomic mass is 35.5. The van der Waals surface area contributed by atoms with Crippen molar-refractivity contribution in [3.05, 3.63) is 52.5 Å². The Morgan fingerprint density at radius 2 is 1.75 bits per heavy atom. The van der Waals surface area contributed by atoms with Crippen molar-refractivity contribution < 1.29 is 17.9 Å². The molecule has 0 aliphatic carbocycles. The van der Waals surface area contributed by atoms with Crippen LogP contribution in [0.25, 0.3) is 0 Å². The average Bonchev–Trinajstić information content (AvgIpc) is 2.63. The summed E-state index contributed by atoms with van der Waals surface area (Å²) in [5, 5.41) is 3.44. The molecule has 0 aliphatic heterocycles. The zero-order valence-electron chi connectivity index (χ0n) is 15.7. The van der Waals surface area contributed by atoms with Crippen molar-refractivity contribution in [3.63, 3.8) is 0 Å². The van der Waals surface area contributed by atoms with Crippen molar-refractivity contribution in [3.8, 4) is 5.75 Å². The molecule has 0 unspecified atom stereocenters. The standard InChI is InChI=1S/C19H22Cl2N2O4S/c1-4-12(2)23-28(25,26)16-8-6-15(7-9-16)22-19(24)13(3)27-18-10-5-14(20)11-17(18)21/h5-13,23H,4H2,1-3H3,(H,22,24)/t12-,13+/m1/s1. The molecule has 0 bridgehead atoms. The van der Waals surface area contributed by atoms with Crippen LogP contribution in [0.4, 0.5) is 5.69 Å². The summed E-state index contributed by atoms with van der Waals surface area (Å²) in [6, 6.07) is 10.5. The lowest BCUT2D eigenvalue weighted by Crippen LogP contribution is -2.32. The fraction of sp³-hybridized carbons (Fsp3) is 0.316. The van der Waals surface area contributed by atoms with Gasteiger partial charge >= 0.3 is 0 Å². The molecule has 6 nitrogen and oxygen atoms in total. The highest BCUT2D eigenvalue weighted by Gasteiger charge is 2.19. The molecule has 0 spiro atoms. The van der Waals surface area contributed by atoms with Crippen molar-refractivity contribution in [1.29, 1.82) is 0 Å². The molecule has 0 saturated heterocycles. The smallest absolute Gasteiger partial charge is 0.265 e. The van der Waals surface area contributed by atoms with E-state index in [1.54, 1.807) is 26.0 Å². The summed E-state index contributed by atoms with van der Waals surface area (Å²) in [5.41, 5.74) is 0.449. The van der Waals surface area contributed by atoms with Crippen molar-refractivity contribution >= 4 is 44.8 Å². The third-order valence-electron chi connectivity index (χ3n) is 3.97. The molecule has 2 N–H and O–H groups in total. The number of carbonyl (C=O) groups excluding carboxylic acids is 1. The molecule has 0 heterocycles. The lowest BCUT2D eigenvalue weighted by atomic mass is 10.3. The molecule has 1 amide bonds. The Kier molecular flexibility index (Phi) is 7.71. The predicted octanol–water partition coefficient (Wildman–Crippen LogP) is 4.48. The fourth-order valence-corrected chi connectivity index (χ4v) is 3.97. The number of sulfonamides is 1. The van der Waals surface area contributed by atoms with Gasteiger partial charge in [-0.2, -0.15) is 0 Å². The average molecular weight is 445 g/mol. The lowest BCUT2D eigenvalue weighted by molar-refractivity contribution is -0.122. The van der Waals surface area contributed by atoms with Gasteiger partial charge in [0.1, 0.15) is 5.75 Å². The van der Waals surface area contributed by atoms with E-state index < -0.39 is 22.0 Å². The van der Waals surface area contributed by atoms with Crippen LogP contribution in [0.15, 0.2) is 47.4 Å². The second-order valence-electron chi connectivity index (χ2n) is 6.28. The number of ether oxygens (including phenoxy) is 1. The Hall–Kier alpha value is -1.80. The summed E-state index contributed by atoms with van der Waals surface area (Å²) >= 11 is 11.9. The molecule has 0 aromatic heterocycles. The van der Waals surface area contributed by atoms with Crippen molar-refractivity contribution in [2.24, 2.45) is 0 Å². The summed E-state index contributed by atoms with van der Waals surface area (Å²) in [4.78, 5) is 12.5. The molecule has 0 aliphatic rings. The van der Waals surface area contributed by atoms with Gasteiger partial charge in [-0.05, 0) is 62.7 Å². The topological polar surface area (TPSA) is 84.5 Å². The van der Waals surface area contributed by atoms with Gasteiger partial charge in [0.15, 0.2) is 6.10 Å². The number of rotatable bonds is 8. The number of benzene rings is 2. The first-order chi connectivity index (χ1) is 13.1. The van der Waals surface area contributed by atoms with Crippen LogP contribution in [0, 0.1) is 0 Å². The molecule has 9 heteroatoms. The molecule has 152 valence electrons. The highest BCUT2D eigenvalue weighted by molar-refractivity contribution is 7.89. The molecular weight excluding hydrogens is 423 g/mol. The molecule has 0 fully saturated rings. The Morgan fingerprint density at radius 1 is 1.11 bits per heavy atom. The molecule has 0 radical (unpaired) electrons. The van der Waals surface area contributed by atoms with Gasteiger partial charge in [-0.15, -0.1) is 0 Å². The maximum Gasteiger partial charge on any atom is 0.265 e. The van der Waals surface area contributed by atoms with Crippen molar-refractivity contribution in [2.75, 3.05) is 5.32 Å². The highest BCUT2D eigenvalue weighted by Crippen LogP contribution is 2.28. The molecule has 2 rings (SSSR count). The van der Waals surface area contributed by atoms with Gasteiger partial charge in [0.25, 0.3) is 5.91 Å². The largest absolute Gasteiger partial charge is 0.479 e. The van der Waals surface area contributed by atoms with E-state index in [-0.39, 0.29) is 10.9 Å². The Balaban J connectivity index is 2.02. The van der Waals surface area contributed by atoms with Crippen LogP contribution >= 0.6 is 23.2 Å². The first kappa shape index (κ1) is 22.5. The van der Waals surface area contributed by atoms with Crippen LogP contribution in [-0.2, 0) is 14.8 Å². The summed E-state index contributed by atoms with van der Waals surface area (Å²) in [7, 11) is -3.60. The number of hydrogen-bond donors (Lipinski definition) is 2. The molecular formula is C19H22Cl2N2O4S. The third kappa shape index (κ3) is 6.10. The molecule has 2 aromatic rings. The first-order valence-electron chi connectivity index (χ1n) is 8.67. The quantitative estimate of drug-likeness (QED) is 0.628. The second kappa shape index (κ2) is 9.60. The normalized spacial score (nSPS) is 13.6. The lowest BCUT2D eigenvalue weighted by Gasteiger charge is -2.16. The van der Waals surface area contributed by atoms with Gasteiger partial charge < -0.3 is 10.1 Å². The second-order valence-corrected chi connectivity index (χ2v) is 8.84. The van der Waals surface area contributed by atoms with Gasteiger partial charge in [0.05, 0.1) is 9.92 Å². The van der Waals surface area contributed by atoms with E-state index in [0.717, 1.165) is 0 Å². The van der Waals surface area contributed by atoms with E-state index in [1.807, 2.05) is 6.92 Å². The van der Waals surface area contributed by atoms with Gasteiger partial charge in [0.2, 0.25) is 10.0 Å². The summed E-state index contributed by atoms with van der Waals surface area (Å²) in [5.74, 6) is -0.0642. The minimum absolute atomic E-state index is 0.128. The predicted molar refractivity (Wildman–Crippen MR) is 112 cm³/mol. The van der Waals surface area contributed by atoms with E-state index in [2.05, 4.69) is 10.0 Å². The Morgan fingerprint density at radius 3 is 2.32 bits per heavy atom. The van der Waals surface area contributed by atoms with E-state index in [4.69, 9.17) is 27.9 Å². The number of amides is 1. The van der Waals surface area contributed by atoms with Crippen LogP contribution in [0.1, 0.15) is 27.2 Å². The molecule has 0 saturated carbocycles. The number of hydrogen-bond acceptors (Lipinski definition) is 4. The summed E-state index contributed by atoms with van der Waals surface area (Å²) in [6.45, 7) is 5.27. The maximum absolute atomic E-state index is 12.3. The van der Waals surface area contributed by atoms with Crippen molar-refractivity contribution in [1.82, 2.24) is 4.72 Å². The number of carbonyl (C=O) groups is 1. The van der Waals surface area contributed by atoms with E-state index >= 15 is 0 Å².